The van der Waals surface area contributed by atoms with Crippen molar-refractivity contribution in [1.82, 2.24) is 9.78 Å². The normalized spacial score (nSPS) is 13.1. The van der Waals surface area contributed by atoms with Crippen LogP contribution in [-0.4, -0.2) is 50.8 Å². The molecule has 1 heterocycles. The standard InChI is InChI=1S/C33H39N5O5/c1-32(2,3)28(43-31(34)42)21-27(40)30(41)36-26-22-35-38(19-20-39)29(26)37-33(23-13-7-4-8-14-23,24-15-9-5-10-16-24)25-17-11-6-12-18-25/h4-18,22,27-28,37,39-40H,19-21H2,1-3H3,(H2,34,42)(H,36,41)/t27-,28?/m0/s1. The molecule has 3 aromatic carbocycles. The molecule has 4 rings (SSSR count). The van der Waals surface area contributed by atoms with E-state index >= 15 is 0 Å². The number of aliphatic hydroxyl groups is 2. The number of aromatic nitrogens is 2. The molecule has 0 spiro atoms. The van der Waals surface area contributed by atoms with Crippen LogP contribution < -0.4 is 16.4 Å². The van der Waals surface area contributed by atoms with Crippen molar-refractivity contribution in [2.45, 2.75) is 51.5 Å². The van der Waals surface area contributed by atoms with Gasteiger partial charge in [0.25, 0.3) is 5.91 Å². The van der Waals surface area contributed by atoms with Crippen LogP contribution in [0.3, 0.4) is 0 Å². The number of hydrogen-bond donors (Lipinski definition) is 5. The lowest BCUT2D eigenvalue weighted by molar-refractivity contribution is -0.126. The summed E-state index contributed by atoms with van der Waals surface area (Å²) in [5.74, 6) is -0.287. The summed E-state index contributed by atoms with van der Waals surface area (Å²) >= 11 is 0. The van der Waals surface area contributed by atoms with Gasteiger partial charge in [0.2, 0.25) is 0 Å². The van der Waals surface area contributed by atoms with E-state index in [2.05, 4.69) is 15.7 Å². The first kappa shape index (κ1) is 31.3. The Balaban J connectivity index is 1.78. The minimum atomic E-state index is -1.51. The molecule has 0 aliphatic rings. The molecule has 0 fully saturated rings. The molecule has 4 aromatic rings. The highest BCUT2D eigenvalue weighted by molar-refractivity contribution is 5.96. The van der Waals surface area contributed by atoms with Crippen molar-refractivity contribution < 1.29 is 24.5 Å². The zero-order valence-corrected chi connectivity index (χ0v) is 24.6. The topological polar surface area (TPSA) is 152 Å². The van der Waals surface area contributed by atoms with E-state index in [4.69, 9.17) is 10.5 Å². The minimum absolute atomic E-state index is 0.147. The lowest BCUT2D eigenvalue weighted by atomic mass is 9.77. The third kappa shape index (κ3) is 7.22. The first-order valence-corrected chi connectivity index (χ1v) is 14.1. The Morgan fingerprint density at radius 3 is 1.81 bits per heavy atom. The van der Waals surface area contributed by atoms with Crippen LogP contribution in [0.2, 0.25) is 0 Å². The second kappa shape index (κ2) is 13.5. The van der Waals surface area contributed by atoms with Crippen LogP contribution in [0.15, 0.2) is 97.2 Å². The predicted molar refractivity (Wildman–Crippen MR) is 165 cm³/mol. The fraction of sp³-hybridized carbons (Fsp3) is 0.303. The van der Waals surface area contributed by atoms with Gasteiger partial charge in [-0.1, -0.05) is 112 Å². The van der Waals surface area contributed by atoms with E-state index in [1.54, 1.807) is 4.68 Å². The van der Waals surface area contributed by atoms with Crippen molar-refractivity contribution in [2.75, 3.05) is 17.2 Å². The van der Waals surface area contributed by atoms with Gasteiger partial charge in [-0.05, 0) is 22.1 Å². The summed E-state index contributed by atoms with van der Waals surface area (Å²) in [4.78, 5) is 24.8. The number of ether oxygens (including phenoxy) is 1. The van der Waals surface area contributed by atoms with E-state index in [9.17, 15) is 19.8 Å². The lowest BCUT2D eigenvalue weighted by Crippen LogP contribution is -2.41. The Hall–Kier alpha value is -4.67. The number of nitrogens with two attached hydrogens (primary N) is 1. The molecule has 0 radical (unpaired) electrons. The van der Waals surface area contributed by atoms with E-state index in [1.165, 1.54) is 6.20 Å². The minimum Gasteiger partial charge on any atom is -0.446 e. The highest BCUT2D eigenvalue weighted by atomic mass is 16.6. The predicted octanol–water partition coefficient (Wildman–Crippen LogP) is 4.48. The molecule has 0 bridgehead atoms. The molecule has 6 N–H and O–H groups in total. The summed E-state index contributed by atoms with van der Waals surface area (Å²) < 4.78 is 6.77. The van der Waals surface area contributed by atoms with Gasteiger partial charge in [-0.2, -0.15) is 5.10 Å². The van der Waals surface area contributed by atoms with Crippen LogP contribution in [0.1, 0.15) is 43.9 Å². The fourth-order valence-corrected chi connectivity index (χ4v) is 5.08. The summed E-state index contributed by atoms with van der Waals surface area (Å²) in [5, 5.41) is 31.6. The second-order valence-electron chi connectivity index (χ2n) is 11.4. The van der Waals surface area contributed by atoms with E-state index in [-0.39, 0.29) is 19.6 Å². The zero-order valence-electron chi connectivity index (χ0n) is 24.6. The number of amides is 2. The number of anilines is 2. The van der Waals surface area contributed by atoms with Gasteiger partial charge in [0.1, 0.15) is 29.3 Å². The summed E-state index contributed by atoms with van der Waals surface area (Å²) in [6, 6.07) is 29.7. The van der Waals surface area contributed by atoms with Crippen molar-refractivity contribution in [1.29, 1.82) is 0 Å². The molecule has 0 aliphatic carbocycles. The molecule has 0 saturated heterocycles. The smallest absolute Gasteiger partial charge is 0.404 e. The third-order valence-corrected chi connectivity index (χ3v) is 7.30. The van der Waals surface area contributed by atoms with Crippen molar-refractivity contribution in [3.8, 4) is 0 Å². The van der Waals surface area contributed by atoms with Crippen molar-refractivity contribution >= 4 is 23.5 Å². The summed E-state index contributed by atoms with van der Waals surface area (Å²) in [6.07, 6.45) is -1.99. The van der Waals surface area contributed by atoms with Crippen molar-refractivity contribution in [2.24, 2.45) is 11.1 Å². The highest BCUT2D eigenvalue weighted by Crippen LogP contribution is 2.41. The van der Waals surface area contributed by atoms with Crippen molar-refractivity contribution in [3.05, 3.63) is 114 Å². The first-order chi connectivity index (χ1) is 20.6. The Kier molecular flexibility index (Phi) is 9.84. The van der Waals surface area contributed by atoms with E-state index in [0.717, 1.165) is 16.7 Å². The van der Waals surface area contributed by atoms with Gasteiger partial charge in [0.15, 0.2) is 0 Å². The molecule has 43 heavy (non-hydrogen) atoms. The zero-order chi connectivity index (χ0) is 31.0. The molecule has 0 aliphatic heterocycles. The van der Waals surface area contributed by atoms with Gasteiger partial charge in [0.05, 0.1) is 19.3 Å². The number of aliphatic hydroxyl groups excluding tert-OH is 2. The average Bonchev–Trinajstić information content (AvgIpc) is 3.36. The monoisotopic (exact) mass is 585 g/mol. The lowest BCUT2D eigenvalue weighted by Gasteiger charge is -2.38. The van der Waals surface area contributed by atoms with Crippen LogP contribution >= 0.6 is 0 Å². The van der Waals surface area contributed by atoms with Crippen molar-refractivity contribution in [3.63, 3.8) is 0 Å². The Morgan fingerprint density at radius 2 is 1.40 bits per heavy atom. The summed E-state index contributed by atoms with van der Waals surface area (Å²) in [7, 11) is 0. The first-order valence-electron chi connectivity index (χ1n) is 14.1. The van der Waals surface area contributed by atoms with Gasteiger partial charge < -0.3 is 31.3 Å². The quantitative estimate of drug-likeness (QED) is 0.154. The third-order valence-electron chi connectivity index (χ3n) is 7.30. The number of carbonyl (C=O) groups excluding carboxylic acids is 2. The van der Waals surface area contributed by atoms with Crippen LogP contribution in [0.5, 0.6) is 0 Å². The molecule has 226 valence electrons. The van der Waals surface area contributed by atoms with Crippen LogP contribution in [-0.2, 0) is 21.6 Å². The number of hydrogen-bond acceptors (Lipinski definition) is 7. The van der Waals surface area contributed by atoms with E-state index in [0.29, 0.717) is 11.5 Å². The second-order valence-corrected chi connectivity index (χ2v) is 11.4. The Labute approximate surface area is 251 Å². The largest absolute Gasteiger partial charge is 0.446 e. The van der Waals surface area contributed by atoms with Crippen LogP contribution in [0.25, 0.3) is 0 Å². The molecule has 1 aromatic heterocycles. The van der Waals surface area contributed by atoms with Crippen LogP contribution in [0.4, 0.5) is 16.3 Å². The van der Waals surface area contributed by atoms with Gasteiger partial charge in [-0.3, -0.25) is 4.79 Å². The average molecular weight is 586 g/mol. The molecular weight excluding hydrogens is 546 g/mol. The Morgan fingerprint density at radius 1 is 0.907 bits per heavy atom. The van der Waals surface area contributed by atoms with Gasteiger partial charge in [0, 0.05) is 6.42 Å². The van der Waals surface area contributed by atoms with E-state index < -0.39 is 35.2 Å². The number of carbonyl (C=O) groups is 2. The number of nitrogens with zero attached hydrogens (tertiary/aromatic N) is 2. The number of primary amides is 1. The maximum absolute atomic E-state index is 13.3. The van der Waals surface area contributed by atoms with Crippen LogP contribution in [0, 0.1) is 5.41 Å². The summed E-state index contributed by atoms with van der Waals surface area (Å²) in [5.41, 5.74) is 6.80. The molecular formula is C33H39N5O5. The molecule has 1 unspecified atom stereocenters. The highest BCUT2D eigenvalue weighted by Gasteiger charge is 2.38. The number of benzene rings is 3. The number of rotatable bonds is 12. The maximum Gasteiger partial charge on any atom is 0.404 e. The van der Waals surface area contributed by atoms with Gasteiger partial charge >= 0.3 is 6.09 Å². The fourth-order valence-electron chi connectivity index (χ4n) is 5.08. The molecule has 10 nitrogen and oxygen atoms in total. The molecule has 0 saturated carbocycles. The number of nitrogens with one attached hydrogen (secondary N) is 2. The molecule has 2 atom stereocenters. The molecule has 2 amide bonds. The maximum atomic E-state index is 13.3. The van der Waals surface area contributed by atoms with Gasteiger partial charge in [-0.15, -0.1) is 0 Å². The Bertz CT molecular complexity index is 1390. The summed E-state index contributed by atoms with van der Waals surface area (Å²) in [6.45, 7) is 5.42. The van der Waals surface area contributed by atoms with E-state index in [1.807, 2.05) is 112 Å². The molecule has 10 heteroatoms. The van der Waals surface area contributed by atoms with Gasteiger partial charge in [-0.25, -0.2) is 9.48 Å². The SMILES string of the molecule is CC(C)(C)C(C[C@H](O)C(=O)Nc1cnn(CCO)c1NC(c1ccccc1)(c1ccccc1)c1ccccc1)OC(N)=O.